The van der Waals surface area contributed by atoms with Crippen molar-refractivity contribution in [1.29, 1.82) is 0 Å². The summed E-state index contributed by atoms with van der Waals surface area (Å²) in [4.78, 5) is 5.15. The minimum absolute atomic E-state index is 0.0695. The molecule has 7 heteroatoms. The molecule has 2 fully saturated rings. The van der Waals surface area contributed by atoms with Crippen molar-refractivity contribution in [3.8, 4) is 0 Å². The number of piperazine rings is 1. The lowest BCUT2D eigenvalue weighted by molar-refractivity contribution is 0.0605. The van der Waals surface area contributed by atoms with Crippen LogP contribution in [0, 0.1) is 5.82 Å². The van der Waals surface area contributed by atoms with Gasteiger partial charge in [0.15, 0.2) is 5.82 Å². The molecule has 0 amide bonds. The van der Waals surface area contributed by atoms with Crippen molar-refractivity contribution in [3.05, 3.63) is 41.5 Å². The van der Waals surface area contributed by atoms with E-state index in [-0.39, 0.29) is 17.4 Å². The summed E-state index contributed by atoms with van der Waals surface area (Å²) in [6, 6.07) is 7.52. The van der Waals surface area contributed by atoms with Crippen molar-refractivity contribution < 1.29 is 4.39 Å². The van der Waals surface area contributed by atoms with Crippen LogP contribution in [0.4, 0.5) is 4.39 Å². The Morgan fingerprint density at radius 3 is 2.33 bits per heavy atom. The molecule has 1 saturated heterocycles. The van der Waals surface area contributed by atoms with Gasteiger partial charge in [0, 0.05) is 32.2 Å². The summed E-state index contributed by atoms with van der Waals surface area (Å²) in [6.07, 6.45) is 7.72. The zero-order chi connectivity index (χ0) is 21.1. The summed E-state index contributed by atoms with van der Waals surface area (Å²) < 4.78 is 15.6. The van der Waals surface area contributed by atoms with Crippen molar-refractivity contribution in [1.82, 2.24) is 30.0 Å². The van der Waals surface area contributed by atoms with Gasteiger partial charge in [-0.2, -0.15) is 0 Å². The number of hydrogen-bond acceptors (Lipinski definition) is 5. The van der Waals surface area contributed by atoms with E-state index in [1.54, 1.807) is 12.1 Å². The lowest BCUT2D eigenvalue weighted by Gasteiger charge is -2.43. The Labute approximate surface area is 179 Å². The highest BCUT2D eigenvalue weighted by atomic mass is 19.1. The van der Waals surface area contributed by atoms with E-state index >= 15 is 0 Å². The van der Waals surface area contributed by atoms with Crippen LogP contribution in [0.2, 0.25) is 0 Å². The maximum atomic E-state index is 13.6. The fourth-order valence-corrected chi connectivity index (χ4v) is 4.92. The standard InChI is InChI=1S/C23H35FN6/c1-4-23(2,3)30-22(25-26-27-30)21(18-10-12-19(24)13-11-18)29-16-14-28(15-17-29)20-8-6-5-7-9-20/h10-13,20-21H,4-9,14-17H2,1-3H3. The van der Waals surface area contributed by atoms with E-state index < -0.39 is 0 Å². The van der Waals surface area contributed by atoms with E-state index in [1.165, 1.54) is 32.1 Å². The second kappa shape index (κ2) is 9.10. The van der Waals surface area contributed by atoms with Gasteiger partial charge in [-0.25, -0.2) is 9.07 Å². The van der Waals surface area contributed by atoms with Crippen LogP contribution in [0.5, 0.6) is 0 Å². The number of hydrogen-bond donors (Lipinski definition) is 0. The van der Waals surface area contributed by atoms with E-state index in [4.69, 9.17) is 0 Å². The SMILES string of the molecule is CCC(C)(C)n1nnnc1C(c1ccc(F)cc1)N1CCN(C2CCCCC2)CC1. The molecule has 1 atom stereocenters. The minimum atomic E-state index is -0.215. The first-order valence-corrected chi connectivity index (χ1v) is 11.5. The van der Waals surface area contributed by atoms with Crippen LogP contribution >= 0.6 is 0 Å². The highest BCUT2D eigenvalue weighted by molar-refractivity contribution is 5.26. The molecule has 1 aromatic carbocycles. The zero-order valence-corrected chi connectivity index (χ0v) is 18.6. The zero-order valence-electron chi connectivity index (χ0n) is 18.6. The van der Waals surface area contributed by atoms with Crippen LogP contribution in [-0.2, 0) is 5.54 Å². The topological polar surface area (TPSA) is 50.1 Å². The molecular weight excluding hydrogens is 379 g/mol. The van der Waals surface area contributed by atoms with Gasteiger partial charge >= 0.3 is 0 Å². The number of halogens is 1. The van der Waals surface area contributed by atoms with E-state index in [1.807, 2.05) is 16.8 Å². The Kier molecular flexibility index (Phi) is 6.48. The normalized spacial score (nSPS) is 21.1. The van der Waals surface area contributed by atoms with Gasteiger partial charge in [0.25, 0.3) is 0 Å². The average molecular weight is 415 g/mol. The summed E-state index contributed by atoms with van der Waals surface area (Å²) >= 11 is 0. The second-order valence-electron chi connectivity index (χ2n) is 9.43. The Morgan fingerprint density at radius 1 is 1.03 bits per heavy atom. The van der Waals surface area contributed by atoms with Crippen molar-refractivity contribution in [2.75, 3.05) is 26.2 Å². The van der Waals surface area contributed by atoms with E-state index in [0.29, 0.717) is 0 Å². The van der Waals surface area contributed by atoms with Gasteiger partial charge in [0.2, 0.25) is 0 Å². The summed E-state index contributed by atoms with van der Waals surface area (Å²) in [5.41, 5.74) is 0.867. The molecule has 6 nitrogen and oxygen atoms in total. The van der Waals surface area contributed by atoms with Gasteiger partial charge < -0.3 is 0 Å². The number of aromatic nitrogens is 4. The Morgan fingerprint density at radius 2 is 1.70 bits per heavy atom. The highest BCUT2D eigenvalue weighted by Gasteiger charge is 2.35. The van der Waals surface area contributed by atoms with E-state index in [2.05, 4.69) is 46.1 Å². The van der Waals surface area contributed by atoms with Crippen molar-refractivity contribution in [3.63, 3.8) is 0 Å². The van der Waals surface area contributed by atoms with Gasteiger partial charge in [-0.15, -0.1) is 5.10 Å². The molecule has 2 aromatic rings. The maximum Gasteiger partial charge on any atom is 0.173 e. The maximum absolute atomic E-state index is 13.6. The lowest BCUT2D eigenvalue weighted by atomic mass is 9.93. The smallest absolute Gasteiger partial charge is 0.173 e. The predicted molar refractivity (Wildman–Crippen MR) is 116 cm³/mol. The van der Waals surface area contributed by atoms with E-state index in [9.17, 15) is 4.39 Å². The first kappa shape index (κ1) is 21.4. The first-order chi connectivity index (χ1) is 14.5. The molecule has 0 N–H and O–H groups in total. The van der Waals surface area contributed by atoms with Gasteiger partial charge in [-0.3, -0.25) is 9.80 Å². The lowest BCUT2D eigenvalue weighted by Crippen LogP contribution is -2.52. The molecule has 30 heavy (non-hydrogen) atoms. The molecule has 0 spiro atoms. The summed E-state index contributed by atoms with van der Waals surface area (Å²) in [5.74, 6) is 0.632. The molecule has 1 unspecified atom stereocenters. The molecule has 1 aliphatic heterocycles. The highest BCUT2D eigenvalue weighted by Crippen LogP contribution is 2.32. The van der Waals surface area contributed by atoms with Crippen LogP contribution in [-0.4, -0.2) is 62.2 Å². The number of tetrazole rings is 1. The molecule has 4 rings (SSSR count). The fourth-order valence-electron chi connectivity index (χ4n) is 4.92. The van der Waals surface area contributed by atoms with Crippen molar-refractivity contribution in [2.24, 2.45) is 0 Å². The van der Waals surface area contributed by atoms with Crippen molar-refractivity contribution in [2.45, 2.75) is 76.9 Å². The van der Waals surface area contributed by atoms with Crippen LogP contribution < -0.4 is 0 Å². The third-order valence-electron chi connectivity index (χ3n) is 7.17. The van der Waals surface area contributed by atoms with Gasteiger partial charge in [-0.1, -0.05) is 38.3 Å². The molecule has 164 valence electrons. The first-order valence-electron chi connectivity index (χ1n) is 11.5. The summed E-state index contributed by atoms with van der Waals surface area (Å²) in [6.45, 7) is 10.6. The molecule has 0 bridgehead atoms. The van der Waals surface area contributed by atoms with E-state index in [0.717, 1.165) is 50.0 Å². The number of benzene rings is 1. The second-order valence-corrected chi connectivity index (χ2v) is 9.43. The molecular formula is C23H35FN6. The predicted octanol–water partition coefficient (Wildman–Crippen LogP) is 4.00. The quantitative estimate of drug-likeness (QED) is 0.715. The van der Waals surface area contributed by atoms with Gasteiger partial charge in [0.05, 0.1) is 11.6 Å². The molecule has 1 saturated carbocycles. The minimum Gasteiger partial charge on any atom is -0.298 e. The molecule has 1 aliphatic carbocycles. The van der Waals surface area contributed by atoms with Gasteiger partial charge in [0.1, 0.15) is 5.82 Å². The Bertz CT molecular complexity index is 803. The molecule has 0 radical (unpaired) electrons. The summed E-state index contributed by atoms with van der Waals surface area (Å²) in [5, 5.41) is 12.9. The Balaban J connectivity index is 1.60. The Hall–Kier alpha value is -1.86. The largest absolute Gasteiger partial charge is 0.298 e. The van der Waals surface area contributed by atoms with Crippen molar-refractivity contribution >= 4 is 0 Å². The number of rotatable bonds is 6. The van der Waals surface area contributed by atoms with Gasteiger partial charge in [-0.05, 0) is 61.2 Å². The molecule has 2 aliphatic rings. The fraction of sp³-hybridized carbons (Fsp3) is 0.696. The monoisotopic (exact) mass is 414 g/mol. The molecule has 2 heterocycles. The average Bonchev–Trinajstić information content (AvgIpc) is 3.27. The van der Waals surface area contributed by atoms with Crippen LogP contribution in [0.15, 0.2) is 24.3 Å². The number of nitrogens with zero attached hydrogens (tertiary/aromatic N) is 6. The molecule has 1 aromatic heterocycles. The van der Waals surface area contributed by atoms with Crippen LogP contribution in [0.3, 0.4) is 0 Å². The van der Waals surface area contributed by atoms with Crippen LogP contribution in [0.1, 0.15) is 76.7 Å². The van der Waals surface area contributed by atoms with Crippen LogP contribution in [0.25, 0.3) is 0 Å². The third-order valence-corrected chi connectivity index (χ3v) is 7.17. The summed E-state index contributed by atoms with van der Waals surface area (Å²) in [7, 11) is 0. The third kappa shape index (κ3) is 4.42.